The van der Waals surface area contributed by atoms with Gasteiger partial charge in [-0.1, -0.05) is 23.1 Å². The summed E-state index contributed by atoms with van der Waals surface area (Å²) in [6.45, 7) is 3.95. The molecule has 0 aliphatic rings. The maximum Gasteiger partial charge on any atom is 0.174 e. The zero-order chi connectivity index (χ0) is 12.4. The molecule has 0 aromatic carbocycles. The Kier molecular flexibility index (Phi) is 3.80. The standard InChI is InChI=1S/C10H15N5S2/c1-6(11)9(8-4-12-15(3)5-8)17-10-14-13-7(2)16-10/h4-6,9H,11H2,1-3H3. The summed E-state index contributed by atoms with van der Waals surface area (Å²) in [4.78, 5) is 0. The summed E-state index contributed by atoms with van der Waals surface area (Å²) in [6.07, 6.45) is 3.85. The van der Waals surface area contributed by atoms with Crippen LogP contribution in [0.2, 0.25) is 0 Å². The minimum absolute atomic E-state index is 0.0356. The van der Waals surface area contributed by atoms with Gasteiger partial charge in [0.2, 0.25) is 0 Å². The average Bonchev–Trinajstić information content (AvgIpc) is 2.83. The lowest BCUT2D eigenvalue weighted by molar-refractivity contribution is 0.717. The van der Waals surface area contributed by atoms with Gasteiger partial charge in [-0.3, -0.25) is 4.68 Å². The molecule has 0 aliphatic carbocycles. The van der Waals surface area contributed by atoms with E-state index in [1.165, 1.54) is 0 Å². The largest absolute Gasteiger partial charge is 0.327 e. The zero-order valence-corrected chi connectivity index (χ0v) is 11.6. The number of rotatable bonds is 4. The van der Waals surface area contributed by atoms with E-state index in [1.54, 1.807) is 27.8 Å². The number of nitrogens with two attached hydrogens (primary N) is 1. The van der Waals surface area contributed by atoms with Crippen LogP contribution in [0.5, 0.6) is 0 Å². The number of hydrogen-bond donors (Lipinski definition) is 1. The fourth-order valence-electron chi connectivity index (χ4n) is 1.50. The average molecular weight is 269 g/mol. The molecule has 2 N–H and O–H groups in total. The molecule has 2 aromatic rings. The summed E-state index contributed by atoms with van der Waals surface area (Å²) in [6, 6.07) is 0.0356. The molecule has 2 atom stereocenters. The molecule has 0 spiro atoms. The zero-order valence-electron chi connectivity index (χ0n) is 9.99. The highest BCUT2D eigenvalue weighted by atomic mass is 32.2. The van der Waals surface area contributed by atoms with Crippen LogP contribution in [-0.4, -0.2) is 26.0 Å². The van der Waals surface area contributed by atoms with Crippen molar-refractivity contribution < 1.29 is 0 Å². The Hall–Kier alpha value is -0.920. The van der Waals surface area contributed by atoms with E-state index in [4.69, 9.17) is 5.73 Å². The van der Waals surface area contributed by atoms with Crippen LogP contribution in [0.1, 0.15) is 22.7 Å². The lowest BCUT2D eigenvalue weighted by Gasteiger charge is -2.16. The van der Waals surface area contributed by atoms with Crippen molar-refractivity contribution in [1.29, 1.82) is 0 Å². The molecule has 7 heteroatoms. The molecule has 17 heavy (non-hydrogen) atoms. The van der Waals surface area contributed by atoms with E-state index in [2.05, 4.69) is 15.3 Å². The molecule has 2 rings (SSSR count). The molecule has 92 valence electrons. The second-order valence-electron chi connectivity index (χ2n) is 3.93. The van der Waals surface area contributed by atoms with E-state index >= 15 is 0 Å². The molecule has 0 radical (unpaired) electrons. The van der Waals surface area contributed by atoms with Crippen molar-refractivity contribution in [1.82, 2.24) is 20.0 Å². The summed E-state index contributed by atoms with van der Waals surface area (Å²) in [5.41, 5.74) is 7.16. The molecule has 0 amide bonds. The van der Waals surface area contributed by atoms with E-state index in [-0.39, 0.29) is 11.3 Å². The fraction of sp³-hybridized carbons (Fsp3) is 0.500. The van der Waals surface area contributed by atoms with Crippen LogP contribution in [0.25, 0.3) is 0 Å². The van der Waals surface area contributed by atoms with Crippen molar-refractivity contribution in [2.45, 2.75) is 29.5 Å². The second kappa shape index (κ2) is 5.16. The molecule has 0 fully saturated rings. The maximum atomic E-state index is 6.03. The number of aryl methyl sites for hydroxylation is 2. The van der Waals surface area contributed by atoms with Crippen molar-refractivity contribution in [3.05, 3.63) is 23.0 Å². The highest BCUT2D eigenvalue weighted by Gasteiger charge is 2.21. The van der Waals surface area contributed by atoms with E-state index in [9.17, 15) is 0 Å². The molecule has 2 unspecified atom stereocenters. The first-order valence-electron chi connectivity index (χ1n) is 5.27. The normalized spacial score (nSPS) is 14.8. The Morgan fingerprint density at radius 1 is 1.47 bits per heavy atom. The SMILES string of the molecule is Cc1nnc(SC(c2cnn(C)c2)C(C)N)s1. The third-order valence-electron chi connectivity index (χ3n) is 2.27. The predicted molar refractivity (Wildman–Crippen MR) is 70.1 cm³/mol. The van der Waals surface area contributed by atoms with Crippen LogP contribution < -0.4 is 5.73 Å². The Balaban J connectivity index is 2.18. The molecule has 2 aromatic heterocycles. The van der Waals surface area contributed by atoms with Gasteiger partial charge >= 0.3 is 0 Å². The van der Waals surface area contributed by atoms with Gasteiger partial charge in [0.1, 0.15) is 5.01 Å². The first-order valence-corrected chi connectivity index (χ1v) is 6.97. The van der Waals surface area contributed by atoms with Crippen LogP contribution >= 0.6 is 23.1 Å². The van der Waals surface area contributed by atoms with Gasteiger partial charge in [0.05, 0.1) is 11.4 Å². The summed E-state index contributed by atoms with van der Waals surface area (Å²) < 4.78 is 2.74. The Morgan fingerprint density at radius 3 is 2.71 bits per heavy atom. The lowest BCUT2D eigenvalue weighted by atomic mass is 10.1. The molecular weight excluding hydrogens is 254 g/mol. The summed E-state index contributed by atoms with van der Waals surface area (Å²) in [5, 5.41) is 13.5. The summed E-state index contributed by atoms with van der Waals surface area (Å²) in [7, 11) is 1.90. The summed E-state index contributed by atoms with van der Waals surface area (Å²) >= 11 is 3.24. The molecule has 0 saturated heterocycles. The topological polar surface area (TPSA) is 69.6 Å². The minimum Gasteiger partial charge on any atom is -0.327 e. The number of aromatic nitrogens is 4. The molecule has 0 bridgehead atoms. The van der Waals surface area contributed by atoms with Crippen molar-refractivity contribution in [2.24, 2.45) is 12.8 Å². The number of nitrogens with zero attached hydrogens (tertiary/aromatic N) is 4. The molecule has 0 saturated carbocycles. The Labute approximate surface area is 108 Å². The van der Waals surface area contributed by atoms with Gasteiger partial charge in [0.15, 0.2) is 4.34 Å². The van der Waals surface area contributed by atoms with E-state index in [0.717, 1.165) is 14.9 Å². The van der Waals surface area contributed by atoms with Crippen LogP contribution in [0.3, 0.4) is 0 Å². The monoisotopic (exact) mass is 269 g/mol. The molecular formula is C10H15N5S2. The van der Waals surface area contributed by atoms with Crippen LogP contribution in [0.4, 0.5) is 0 Å². The van der Waals surface area contributed by atoms with E-state index in [1.807, 2.05) is 33.3 Å². The van der Waals surface area contributed by atoms with Gasteiger partial charge < -0.3 is 5.73 Å². The quantitative estimate of drug-likeness (QED) is 0.856. The fourth-order valence-corrected chi connectivity index (χ4v) is 3.56. The highest BCUT2D eigenvalue weighted by Crippen LogP contribution is 2.38. The summed E-state index contributed by atoms with van der Waals surface area (Å²) in [5.74, 6) is 0. The van der Waals surface area contributed by atoms with Crippen molar-refractivity contribution in [3.63, 3.8) is 0 Å². The van der Waals surface area contributed by atoms with Crippen molar-refractivity contribution >= 4 is 23.1 Å². The van der Waals surface area contributed by atoms with Gasteiger partial charge in [0, 0.05) is 24.8 Å². The minimum atomic E-state index is 0.0356. The van der Waals surface area contributed by atoms with Crippen molar-refractivity contribution in [2.75, 3.05) is 0 Å². The van der Waals surface area contributed by atoms with Gasteiger partial charge in [-0.05, 0) is 13.8 Å². The van der Waals surface area contributed by atoms with Crippen LogP contribution in [0, 0.1) is 6.92 Å². The first kappa shape index (κ1) is 12.5. The molecule has 5 nitrogen and oxygen atoms in total. The van der Waals surface area contributed by atoms with E-state index < -0.39 is 0 Å². The first-order chi connectivity index (χ1) is 8.06. The maximum absolute atomic E-state index is 6.03. The third-order valence-corrected chi connectivity index (χ3v) is 4.68. The van der Waals surface area contributed by atoms with Crippen molar-refractivity contribution in [3.8, 4) is 0 Å². The van der Waals surface area contributed by atoms with Gasteiger partial charge in [-0.25, -0.2) is 0 Å². The van der Waals surface area contributed by atoms with Crippen LogP contribution in [0.15, 0.2) is 16.7 Å². The highest BCUT2D eigenvalue weighted by molar-refractivity contribution is 8.01. The Bertz CT molecular complexity index is 490. The van der Waals surface area contributed by atoms with Gasteiger partial charge in [0.25, 0.3) is 0 Å². The third kappa shape index (κ3) is 3.05. The number of hydrogen-bond acceptors (Lipinski definition) is 6. The van der Waals surface area contributed by atoms with Gasteiger partial charge in [-0.2, -0.15) is 5.10 Å². The second-order valence-corrected chi connectivity index (χ2v) is 6.50. The predicted octanol–water partition coefficient (Wildman–Crippen LogP) is 1.76. The number of thioether (sulfide) groups is 1. The lowest BCUT2D eigenvalue weighted by Crippen LogP contribution is -2.22. The Morgan fingerprint density at radius 2 is 2.24 bits per heavy atom. The van der Waals surface area contributed by atoms with E-state index in [0.29, 0.717) is 0 Å². The van der Waals surface area contributed by atoms with Crippen LogP contribution in [-0.2, 0) is 7.05 Å². The smallest absolute Gasteiger partial charge is 0.174 e. The molecule has 2 heterocycles. The molecule has 0 aliphatic heterocycles. The van der Waals surface area contributed by atoms with Gasteiger partial charge in [-0.15, -0.1) is 10.2 Å².